The number of benzene rings is 1. The summed E-state index contributed by atoms with van der Waals surface area (Å²) in [4.78, 5) is 16.8. The van der Waals surface area contributed by atoms with Crippen LogP contribution in [0.25, 0.3) is 0 Å². The molecule has 2 amide bonds. The largest absolute Gasteiger partial charge is 0.335 e. The summed E-state index contributed by atoms with van der Waals surface area (Å²) in [5, 5.41) is 3.18. The maximum absolute atomic E-state index is 12.3. The first-order valence-corrected chi connectivity index (χ1v) is 8.70. The molecule has 1 heterocycles. The van der Waals surface area contributed by atoms with Crippen LogP contribution in [-0.2, 0) is 10.8 Å². The van der Waals surface area contributed by atoms with Crippen LogP contribution in [0.3, 0.4) is 0 Å². The summed E-state index contributed by atoms with van der Waals surface area (Å²) in [5.74, 6) is 0. The predicted molar refractivity (Wildman–Crippen MR) is 88.7 cm³/mol. The number of urea groups is 1. The average Bonchev–Trinajstić information content (AvgIpc) is 2.92. The van der Waals surface area contributed by atoms with Crippen molar-refractivity contribution >= 4 is 46.1 Å². The molecule has 0 saturated heterocycles. The molecule has 7 nitrogen and oxygen atoms in total. The van der Waals surface area contributed by atoms with E-state index < -0.39 is 10.8 Å². The van der Waals surface area contributed by atoms with E-state index in [1.807, 2.05) is 13.8 Å². The quantitative estimate of drug-likeness (QED) is 0.485. The Morgan fingerprint density at radius 2 is 2.18 bits per heavy atom. The fraction of sp³-hybridized carbons (Fsp3) is 0.250. The monoisotopic (exact) mass is 357 g/mol. The van der Waals surface area contributed by atoms with E-state index in [0.29, 0.717) is 14.9 Å². The third-order valence-corrected chi connectivity index (χ3v) is 4.53. The Hall–Kier alpha value is -1.65. The molecule has 0 aliphatic rings. The third-order valence-electron chi connectivity index (χ3n) is 2.31. The van der Waals surface area contributed by atoms with Crippen molar-refractivity contribution in [1.29, 1.82) is 0 Å². The van der Waals surface area contributed by atoms with Gasteiger partial charge in [-0.1, -0.05) is 6.07 Å². The molecule has 1 atom stereocenters. The Bertz CT molecular complexity index is 689. The van der Waals surface area contributed by atoms with Crippen LogP contribution in [0, 0.1) is 0 Å². The van der Waals surface area contributed by atoms with Gasteiger partial charge in [-0.25, -0.2) is 14.4 Å². The molecule has 118 valence electrons. The number of hydrazine groups is 1. The van der Waals surface area contributed by atoms with Gasteiger partial charge in [0.15, 0.2) is 0 Å². The van der Waals surface area contributed by atoms with E-state index in [1.165, 1.54) is 0 Å². The SMILES string of the molecule is CC(C)NC(=O)NNc1nc(S(=O)c2cccc(S)c2)ns1. The summed E-state index contributed by atoms with van der Waals surface area (Å²) in [5.41, 5.74) is 5.05. The standard InChI is InChI=1S/C12H15N5O2S3/c1-7(2)13-10(18)15-16-11-14-12(17-21-11)22(19)9-5-3-4-8(20)6-9/h3-7,20H,1-2H3,(H2,13,15,18)(H,14,16,17). The van der Waals surface area contributed by atoms with E-state index in [0.717, 1.165) is 11.5 Å². The molecule has 0 spiro atoms. The smallest absolute Gasteiger partial charge is 0.333 e. The minimum absolute atomic E-state index is 0.0211. The van der Waals surface area contributed by atoms with Crippen LogP contribution in [0.5, 0.6) is 0 Å². The molecule has 10 heteroatoms. The van der Waals surface area contributed by atoms with Gasteiger partial charge in [-0.2, -0.15) is 9.36 Å². The summed E-state index contributed by atoms with van der Waals surface area (Å²) in [6.45, 7) is 3.70. The second kappa shape index (κ2) is 7.56. The van der Waals surface area contributed by atoms with E-state index in [-0.39, 0.29) is 17.2 Å². The van der Waals surface area contributed by atoms with Crippen molar-refractivity contribution in [1.82, 2.24) is 20.1 Å². The lowest BCUT2D eigenvalue weighted by atomic mass is 10.4. The highest BCUT2D eigenvalue weighted by atomic mass is 32.2. The van der Waals surface area contributed by atoms with Gasteiger partial charge in [-0.3, -0.25) is 5.43 Å². The Morgan fingerprint density at radius 3 is 2.86 bits per heavy atom. The highest BCUT2D eigenvalue weighted by Crippen LogP contribution is 2.19. The number of thiol groups is 1. The van der Waals surface area contributed by atoms with Crippen LogP contribution in [0.2, 0.25) is 0 Å². The van der Waals surface area contributed by atoms with E-state index in [4.69, 9.17) is 0 Å². The number of aromatic nitrogens is 2. The molecule has 0 aliphatic carbocycles. The number of nitrogens with one attached hydrogen (secondary N) is 3. The molecule has 1 aromatic heterocycles. The molecule has 3 N–H and O–H groups in total. The summed E-state index contributed by atoms with van der Waals surface area (Å²) >= 11 is 5.22. The van der Waals surface area contributed by atoms with Gasteiger partial charge < -0.3 is 5.32 Å². The Kier molecular flexibility index (Phi) is 5.75. The Balaban J connectivity index is 1.99. The maximum atomic E-state index is 12.3. The molecule has 0 fully saturated rings. The minimum Gasteiger partial charge on any atom is -0.335 e. The Morgan fingerprint density at radius 1 is 1.41 bits per heavy atom. The van der Waals surface area contributed by atoms with Crippen molar-refractivity contribution in [3.63, 3.8) is 0 Å². The predicted octanol–water partition coefficient (Wildman–Crippen LogP) is 2.03. The number of amides is 2. The van der Waals surface area contributed by atoms with Gasteiger partial charge in [0.2, 0.25) is 10.3 Å². The average molecular weight is 357 g/mol. The highest BCUT2D eigenvalue weighted by molar-refractivity contribution is 7.85. The van der Waals surface area contributed by atoms with Crippen molar-refractivity contribution in [2.75, 3.05) is 5.43 Å². The molecule has 1 unspecified atom stereocenters. The first kappa shape index (κ1) is 16.7. The van der Waals surface area contributed by atoms with Gasteiger partial charge in [-0.05, 0) is 32.0 Å². The van der Waals surface area contributed by atoms with Crippen LogP contribution in [0.4, 0.5) is 9.93 Å². The Labute approximate surface area is 139 Å². The summed E-state index contributed by atoms with van der Waals surface area (Å²) in [7, 11) is -1.49. The number of hydrogen-bond acceptors (Lipinski definition) is 7. The molecule has 0 aliphatic heterocycles. The molecule has 0 saturated carbocycles. The molecule has 0 bridgehead atoms. The fourth-order valence-corrected chi connectivity index (χ4v) is 3.45. The van der Waals surface area contributed by atoms with E-state index in [1.54, 1.807) is 24.3 Å². The number of carbonyl (C=O) groups excluding carboxylic acids is 1. The second-order valence-corrected chi connectivity index (χ2v) is 7.17. The molecular formula is C12H15N5O2S3. The van der Waals surface area contributed by atoms with Crippen LogP contribution in [0.15, 0.2) is 39.2 Å². The molecule has 0 radical (unpaired) electrons. The first-order valence-electron chi connectivity index (χ1n) is 6.32. The molecule has 2 aromatic rings. The van der Waals surface area contributed by atoms with Crippen molar-refractivity contribution in [3.8, 4) is 0 Å². The normalized spacial score (nSPS) is 12.0. The maximum Gasteiger partial charge on any atom is 0.333 e. The van der Waals surface area contributed by atoms with Crippen molar-refractivity contribution in [2.24, 2.45) is 0 Å². The topological polar surface area (TPSA) is 96.0 Å². The van der Waals surface area contributed by atoms with E-state index >= 15 is 0 Å². The lowest BCUT2D eigenvalue weighted by Crippen LogP contribution is -2.42. The molecule has 1 aromatic carbocycles. The van der Waals surface area contributed by atoms with Gasteiger partial charge >= 0.3 is 6.03 Å². The number of hydrogen-bond donors (Lipinski definition) is 4. The number of nitrogens with zero attached hydrogens (tertiary/aromatic N) is 2. The summed E-state index contributed by atoms with van der Waals surface area (Å²) in [6, 6.07) is 6.62. The van der Waals surface area contributed by atoms with Crippen molar-refractivity contribution in [2.45, 2.75) is 34.8 Å². The van der Waals surface area contributed by atoms with Crippen molar-refractivity contribution < 1.29 is 9.00 Å². The van der Waals surface area contributed by atoms with Crippen LogP contribution in [-0.4, -0.2) is 25.6 Å². The fourth-order valence-electron chi connectivity index (χ4n) is 1.45. The van der Waals surface area contributed by atoms with E-state index in [9.17, 15) is 9.00 Å². The second-order valence-electron chi connectivity index (χ2n) is 4.53. The zero-order valence-electron chi connectivity index (χ0n) is 11.9. The van der Waals surface area contributed by atoms with Gasteiger partial charge in [0, 0.05) is 27.4 Å². The third kappa shape index (κ3) is 4.68. The summed E-state index contributed by atoms with van der Waals surface area (Å²) in [6.07, 6.45) is 0. The zero-order valence-corrected chi connectivity index (χ0v) is 14.4. The van der Waals surface area contributed by atoms with Gasteiger partial charge in [0.1, 0.15) is 10.8 Å². The van der Waals surface area contributed by atoms with Gasteiger partial charge in [0.05, 0.1) is 0 Å². The van der Waals surface area contributed by atoms with Gasteiger partial charge in [0.25, 0.3) is 0 Å². The van der Waals surface area contributed by atoms with Crippen molar-refractivity contribution in [3.05, 3.63) is 24.3 Å². The zero-order chi connectivity index (χ0) is 16.1. The lowest BCUT2D eigenvalue weighted by Gasteiger charge is -2.09. The molecule has 22 heavy (non-hydrogen) atoms. The minimum atomic E-state index is -1.49. The summed E-state index contributed by atoms with van der Waals surface area (Å²) < 4.78 is 16.4. The van der Waals surface area contributed by atoms with Crippen LogP contribution >= 0.6 is 24.2 Å². The highest BCUT2D eigenvalue weighted by Gasteiger charge is 2.14. The molecular weight excluding hydrogens is 342 g/mol. The number of anilines is 1. The van der Waals surface area contributed by atoms with E-state index in [2.05, 4.69) is 38.2 Å². The van der Waals surface area contributed by atoms with Gasteiger partial charge in [-0.15, -0.1) is 12.6 Å². The van der Waals surface area contributed by atoms with Crippen LogP contribution < -0.4 is 16.2 Å². The van der Waals surface area contributed by atoms with Crippen LogP contribution in [0.1, 0.15) is 13.8 Å². The number of carbonyl (C=O) groups is 1. The lowest BCUT2D eigenvalue weighted by molar-refractivity contribution is 0.240. The number of rotatable bonds is 5. The molecule has 2 rings (SSSR count). The first-order chi connectivity index (χ1) is 10.5.